The Balaban J connectivity index is 4.47. The van der Waals surface area contributed by atoms with Gasteiger partial charge in [0.2, 0.25) is 5.91 Å². The van der Waals surface area contributed by atoms with Gasteiger partial charge in [0.1, 0.15) is 5.83 Å². The zero-order chi connectivity index (χ0) is 9.56. The minimum Gasteiger partial charge on any atom is -0.324 e. The molecule has 0 bridgehead atoms. The molecule has 0 fully saturated rings. The third-order valence-electron chi connectivity index (χ3n) is 1.24. The molecule has 0 aromatic rings. The van der Waals surface area contributed by atoms with E-state index < -0.39 is 5.83 Å². The number of rotatable bonds is 4. The highest BCUT2D eigenvalue weighted by Crippen LogP contribution is 2.05. The van der Waals surface area contributed by atoms with Gasteiger partial charge in [-0.3, -0.25) is 4.79 Å². The van der Waals surface area contributed by atoms with E-state index >= 15 is 0 Å². The summed E-state index contributed by atoms with van der Waals surface area (Å²) in [4.78, 5) is 10.8. The van der Waals surface area contributed by atoms with Gasteiger partial charge in [-0.25, -0.2) is 4.39 Å². The second-order valence-corrected chi connectivity index (χ2v) is 2.07. The topological polar surface area (TPSA) is 29.1 Å². The van der Waals surface area contributed by atoms with E-state index in [0.717, 1.165) is 6.08 Å². The minimum absolute atomic E-state index is 0.0665. The summed E-state index contributed by atoms with van der Waals surface area (Å²) >= 11 is 0. The number of carbonyl (C=O) groups excluding carboxylic acids is 1. The second kappa shape index (κ2) is 5.29. The first-order valence-corrected chi connectivity index (χ1v) is 3.60. The zero-order valence-electron chi connectivity index (χ0n) is 7.06. The third-order valence-corrected chi connectivity index (χ3v) is 1.24. The Labute approximate surface area is 71.5 Å². The van der Waals surface area contributed by atoms with Crippen LogP contribution in [0.15, 0.2) is 36.8 Å². The van der Waals surface area contributed by atoms with Crippen LogP contribution in [0.4, 0.5) is 4.39 Å². The number of amides is 1. The van der Waals surface area contributed by atoms with Crippen molar-refractivity contribution in [2.24, 2.45) is 0 Å². The predicted octanol–water partition coefficient (Wildman–Crippen LogP) is 2.07. The van der Waals surface area contributed by atoms with Crippen molar-refractivity contribution in [3.8, 4) is 0 Å². The van der Waals surface area contributed by atoms with Crippen LogP contribution in [0, 0.1) is 0 Å². The number of halogens is 1. The maximum absolute atomic E-state index is 12.8. The van der Waals surface area contributed by atoms with Gasteiger partial charge < -0.3 is 5.32 Å². The maximum Gasteiger partial charge on any atom is 0.224 e. The summed E-state index contributed by atoms with van der Waals surface area (Å²) < 4.78 is 12.8. The molecule has 0 atom stereocenters. The average Bonchev–Trinajstić information content (AvgIpc) is 2.12. The number of allylic oxidation sites excluding steroid dienone is 3. The standard InChI is InChI=1S/C9H12FNO/c1-4-7(10)8(5-2)11-9(12)6-3/h4-5H,1-2,6H2,3H3,(H,11,12)/b8-7-. The van der Waals surface area contributed by atoms with Crippen LogP contribution in [0.25, 0.3) is 0 Å². The van der Waals surface area contributed by atoms with Crippen molar-refractivity contribution in [3.05, 3.63) is 36.8 Å². The highest BCUT2D eigenvalue weighted by atomic mass is 19.1. The molecule has 0 unspecified atom stereocenters. The van der Waals surface area contributed by atoms with Crippen molar-refractivity contribution in [3.63, 3.8) is 0 Å². The molecule has 2 nitrogen and oxygen atoms in total. The monoisotopic (exact) mass is 169 g/mol. The van der Waals surface area contributed by atoms with Crippen LogP contribution in [0.1, 0.15) is 13.3 Å². The van der Waals surface area contributed by atoms with Crippen molar-refractivity contribution in [2.75, 3.05) is 0 Å². The summed E-state index contributed by atoms with van der Waals surface area (Å²) in [5.74, 6) is -0.825. The van der Waals surface area contributed by atoms with Crippen LogP contribution in [-0.4, -0.2) is 5.91 Å². The van der Waals surface area contributed by atoms with Crippen LogP contribution in [0.2, 0.25) is 0 Å². The Kier molecular flexibility index (Phi) is 4.69. The van der Waals surface area contributed by atoms with Crippen molar-refractivity contribution in [2.45, 2.75) is 13.3 Å². The smallest absolute Gasteiger partial charge is 0.224 e. The Morgan fingerprint density at radius 2 is 2.08 bits per heavy atom. The molecule has 1 amide bonds. The van der Waals surface area contributed by atoms with Crippen LogP contribution in [0.3, 0.4) is 0 Å². The summed E-state index contributed by atoms with van der Waals surface area (Å²) in [6, 6.07) is 0. The fourth-order valence-corrected chi connectivity index (χ4v) is 0.557. The second-order valence-electron chi connectivity index (χ2n) is 2.07. The lowest BCUT2D eigenvalue weighted by Crippen LogP contribution is -2.21. The first-order valence-electron chi connectivity index (χ1n) is 3.60. The summed E-state index contributed by atoms with van der Waals surface area (Å²) in [6.45, 7) is 8.27. The lowest BCUT2D eigenvalue weighted by molar-refractivity contribution is -0.120. The number of hydrogen-bond acceptors (Lipinski definition) is 1. The van der Waals surface area contributed by atoms with Gasteiger partial charge >= 0.3 is 0 Å². The van der Waals surface area contributed by atoms with Crippen molar-refractivity contribution >= 4 is 5.91 Å². The van der Waals surface area contributed by atoms with E-state index in [4.69, 9.17) is 0 Å². The molecule has 0 aliphatic rings. The van der Waals surface area contributed by atoms with E-state index in [1.165, 1.54) is 6.08 Å². The molecule has 0 saturated carbocycles. The molecule has 0 aliphatic carbocycles. The predicted molar refractivity (Wildman–Crippen MR) is 47.0 cm³/mol. The summed E-state index contributed by atoms with van der Waals surface area (Å²) in [5.41, 5.74) is 0.0665. The molecular weight excluding hydrogens is 157 g/mol. The molecule has 66 valence electrons. The Morgan fingerprint density at radius 1 is 1.50 bits per heavy atom. The molecule has 0 aromatic carbocycles. The molecule has 0 heterocycles. The molecule has 0 aromatic heterocycles. The molecule has 0 rings (SSSR count). The molecule has 0 saturated heterocycles. The van der Waals surface area contributed by atoms with Gasteiger partial charge in [-0.1, -0.05) is 20.1 Å². The third kappa shape index (κ3) is 3.14. The van der Waals surface area contributed by atoms with E-state index in [9.17, 15) is 9.18 Å². The van der Waals surface area contributed by atoms with Crippen LogP contribution < -0.4 is 5.32 Å². The molecular formula is C9H12FNO. The molecule has 3 heteroatoms. The molecule has 1 N–H and O–H groups in total. The fourth-order valence-electron chi connectivity index (χ4n) is 0.557. The van der Waals surface area contributed by atoms with Gasteiger partial charge in [-0.2, -0.15) is 0 Å². The highest BCUT2D eigenvalue weighted by Gasteiger charge is 2.02. The highest BCUT2D eigenvalue weighted by molar-refractivity contribution is 5.78. The fraction of sp³-hybridized carbons (Fsp3) is 0.222. The largest absolute Gasteiger partial charge is 0.324 e. The van der Waals surface area contributed by atoms with Gasteiger partial charge in [0.15, 0.2) is 0 Å². The Morgan fingerprint density at radius 3 is 2.42 bits per heavy atom. The summed E-state index contributed by atoms with van der Waals surface area (Å²) in [5, 5.41) is 2.34. The van der Waals surface area contributed by atoms with Crippen molar-refractivity contribution in [1.82, 2.24) is 5.32 Å². The van der Waals surface area contributed by atoms with Gasteiger partial charge in [0, 0.05) is 6.42 Å². The SMILES string of the molecule is C=C/C(F)=C(\C=C)NC(=O)CC. The summed E-state index contributed by atoms with van der Waals surface area (Å²) in [6.07, 6.45) is 2.57. The Bertz CT molecular complexity index is 231. The summed E-state index contributed by atoms with van der Waals surface area (Å²) in [7, 11) is 0. The molecule has 0 radical (unpaired) electrons. The van der Waals surface area contributed by atoms with Gasteiger partial charge in [0.25, 0.3) is 0 Å². The minimum atomic E-state index is -0.577. The van der Waals surface area contributed by atoms with E-state index in [0.29, 0.717) is 6.42 Å². The first kappa shape index (κ1) is 10.6. The van der Waals surface area contributed by atoms with Crippen molar-refractivity contribution in [1.29, 1.82) is 0 Å². The first-order chi connectivity index (χ1) is 5.65. The zero-order valence-corrected chi connectivity index (χ0v) is 7.06. The quantitative estimate of drug-likeness (QED) is 0.641. The van der Waals surface area contributed by atoms with Gasteiger partial charge in [-0.05, 0) is 12.2 Å². The molecule has 0 spiro atoms. The van der Waals surface area contributed by atoms with E-state index in [1.807, 2.05) is 0 Å². The normalized spacial score (nSPS) is 11.5. The lowest BCUT2D eigenvalue weighted by Gasteiger charge is -2.03. The van der Waals surface area contributed by atoms with E-state index in [-0.39, 0.29) is 11.6 Å². The molecule has 12 heavy (non-hydrogen) atoms. The number of carbonyl (C=O) groups is 1. The maximum atomic E-state index is 12.8. The number of hydrogen-bond donors (Lipinski definition) is 1. The van der Waals surface area contributed by atoms with Gasteiger partial charge in [-0.15, -0.1) is 0 Å². The van der Waals surface area contributed by atoms with Gasteiger partial charge in [0.05, 0.1) is 5.70 Å². The average molecular weight is 169 g/mol. The van der Waals surface area contributed by atoms with E-state index in [1.54, 1.807) is 6.92 Å². The molecule has 0 aliphatic heterocycles. The van der Waals surface area contributed by atoms with Crippen LogP contribution in [-0.2, 0) is 4.79 Å². The Hall–Kier alpha value is -1.38. The lowest BCUT2D eigenvalue weighted by atomic mass is 10.3. The van der Waals surface area contributed by atoms with Crippen LogP contribution in [0.5, 0.6) is 0 Å². The van der Waals surface area contributed by atoms with Crippen molar-refractivity contribution < 1.29 is 9.18 Å². The van der Waals surface area contributed by atoms with Crippen LogP contribution >= 0.6 is 0 Å². The number of nitrogens with one attached hydrogen (secondary N) is 1. The van der Waals surface area contributed by atoms with E-state index in [2.05, 4.69) is 18.5 Å².